The van der Waals surface area contributed by atoms with Gasteiger partial charge in [-0.1, -0.05) is 53.2 Å². The summed E-state index contributed by atoms with van der Waals surface area (Å²) in [6.07, 6.45) is 0. The maximum Gasteiger partial charge on any atom is 0.321 e. The molecule has 25 heavy (non-hydrogen) atoms. The Labute approximate surface area is 149 Å². The molecular weight excluding hydrogens is 340 g/mol. The number of aromatic nitrogens is 2. The van der Waals surface area contributed by atoms with E-state index in [1.165, 1.54) is 0 Å². The number of carbonyl (C=O) groups is 1. The summed E-state index contributed by atoms with van der Waals surface area (Å²) in [6.45, 7) is 1.09. The lowest BCUT2D eigenvalue weighted by atomic mass is 10.0. The van der Waals surface area contributed by atoms with Crippen molar-refractivity contribution in [1.82, 2.24) is 15.0 Å². The summed E-state index contributed by atoms with van der Waals surface area (Å²) in [7, 11) is 0. The van der Waals surface area contributed by atoms with Gasteiger partial charge in [0.2, 0.25) is 11.7 Å². The standard InChI is InChI=1S/C18H15ClN4O2/c19-14-7-4-8-15(9-14)20-18(24)23-10-13(11-23)17-21-16(22-25-17)12-5-2-1-3-6-12/h1-9,13H,10-11H2,(H,20,24). The number of carbonyl (C=O) groups excluding carboxylic acids is 1. The first-order valence-corrected chi connectivity index (χ1v) is 8.27. The zero-order chi connectivity index (χ0) is 17.2. The second-order valence-electron chi connectivity index (χ2n) is 5.86. The maximum absolute atomic E-state index is 12.2. The summed E-state index contributed by atoms with van der Waals surface area (Å²) >= 11 is 5.92. The summed E-state index contributed by atoms with van der Waals surface area (Å²) in [4.78, 5) is 18.3. The number of hydrogen-bond acceptors (Lipinski definition) is 4. The van der Waals surface area contributed by atoms with Crippen molar-refractivity contribution in [1.29, 1.82) is 0 Å². The van der Waals surface area contributed by atoms with Gasteiger partial charge in [-0.25, -0.2) is 4.79 Å². The van der Waals surface area contributed by atoms with Crippen LogP contribution in [0, 0.1) is 0 Å². The van der Waals surface area contributed by atoms with E-state index in [2.05, 4.69) is 15.5 Å². The molecule has 1 aromatic heterocycles. The average Bonchev–Trinajstić information content (AvgIpc) is 3.04. The molecule has 2 heterocycles. The minimum Gasteiger partial charge on any atom is -0.339 e. The molecule has 0 radical (unpaired) electrons. The van der Waals surface area contributed by atoms with Crippen LogP contribution in [0.15, 0.2) is 59.1 Å². The molecule has 1 aliphatic heterocycles. The zero-order valence-electron chi connectivity index (χ0n) is 13.2. The first-order valence-electron chi connectivity index (χ1n) is 7.89. The number of halogens is 1. The average molecular weight is 355 g/mol. The Morgan fingerprint density at radius 3 is 2.72 bits per heavy atom. The second kappa shape index (κ2) is 6.57. The third-order valence-corrected chi connectivity index (χ3v) is 4.30. The van der Waals surface area contributed by atoms with Crippen molar-refractivity contribution >= 4 is 23.3 Å². The third-order valence-electron chi connectivity index (χ3n) is 4.07. The molecule has 0 spiro atoms. The van der Waals surface area contributed by atoms with E-state index in [0.29, 0.717) is 35.5 Å². The van der Waals surface area contributed by atoms with Gasteiger partial charge >= 0.3 is 6.03 Å². The summed E-state index contributed by atoms with van der Waals surface area (Å²) in [5.74, 6) is 1.19. The van der Waals surface area contributed by atoms with Gasteiger partial charge in [-0.3, -0.25) is 0 Å². The van der Waals surface area contributed by atoms with Gasteiger partial charge in [0.15, 0.2) is 0 Å². The summed E-state index contributed by atoms with van der Waals surface area (Å²) < 4.78 is 5.35. The second-order valence-corrected chi connectivity index (χ2v) is 6.30. The lowest BCUT2D eigenvalue weighted by Crippen LogP contribution is -2.50. The molecule has 0 aliphatic carbocycles. The molecule has 0 saturated carbocycles. The van der Waals surface area contributed by atoms with Crippen LogP contribution in [0.4, 0.5) is 10.5 Å². The van der Waals surface area contributed by atoms with Crippen LogP contribution in [0.5, 0.6) is 0 Å². The van der Waals surface area contributed by atoms with Gasteiger partial charge in [-0.05, 0) is 18.2 Å². The van der Waals surface area contributed by atoms with E-state index in [9.17, 15) is 4.79 Å². The predicted molar refractivity (Wildman–Crippen MR) is 94.5 cm³/mol. The first kappa shape index (κ1) is 15.7. The maximum atomic E-state index is 12.2. The Balaban J connectivity index is 1.36. The van der Waals surface area contributed by atoms with Crippen LogP contribution in [0.3, 0.4) is 0 Å². The quantitative estimate of drug-likeness (QED) is 0.771. The molecule has 4 rings (SSSR count). The number of rotatable bonds is 3. The molecule has 0 bridgehead atoms. The number of likely N-dealkylation sites (tertiary alicyclic amines) is 1. The molecule has 1 fully saturated rings. The highest BCUT2D eigenvalue weighted by Crippen LogP contribution is 2.28. The number of nitrogens with zero attached hydrogens (tertiary/aromatic N) is 3. The molecule has 0 unspecified atom stereocenters. The van der Waals surface area contributed by atoms with Crippen molar-refractivity contribution < 1.29 is 9.32 Å². The summed E-state index contributed by atoms with van der Waals surface area (Å²) in [6, 6.07) is 16.5. The van der Waals surface area contributed by atoms with E-state index in [0.717, 1.165) is 5.56 Å². The lowest BCUT2D eigenvalue weighted by molar-refractivity contribution is 0.147. The first-order chi connectivity index (χ1) is 12.2. The number of benzene rings is 2. The molecule has 1 aliphatic rings. The predicted octanol–water partition coefficient (Wildman–Crippen LogP) is 4.02. The number of urea groups is 1. The SMILES string of the molecule is O=C(Nc1cccc(Cl)c1)N1CC(c2nc(-c3ccccc3)no2)C1. The van der Waals surface area contributed by atoms with Gasteiger partial charge in [0, 0.05) is 29.4 Å². The van der Waals surface area contributed by atoms with Crippen molar-refractivity contribution in [2.75, 3.05) is 18.4 Å². The fourth-order valence-electron chi connectivity index (χ4n) is 2.67. The van der Waals surface area contributed by atoms with Crippen LogP contribution in [0.2, 0.25) is 5.02 Å². The number of hydrogen-bond donors (Lipinski definition) is 1. The fraction of sp³-hybridized carbons (Fsp3) is 0.167. The molecule has 1 N–H and O–H groups in total. The fourth-order valence-corrected chi connectivity index (χ4v) is 2.87. The van der Waals surface area contributed by atoms with Crippen molar-refractivity contribution in [3.05, 3.63) is 65.5 Å². The topological polar surface area (TPSA) is 71.3 Å². The van der Waals surface area contributed by atoms with E-state index in [-0.39, 0.29) is 11.9 Å². The summed E-state index contributed by atoms with van der Waals surface area (Å²) in [5, 5.41) is 7.42. The van der Waals surface area contributed by atoms with E-state index in [1.807, 2.05) is 30.3 Å². The van der Waals surface area contributed by atoms with E-state index >= 15 is 0 Å². The smallest absolute Gasteiger partial charge is 0.321 e. The van der Waals surface area contributed by atoms with Crippen LogP contribution in [-0.2, 0) is 0 Å². The highest BCUT2D eigenvalue weighted by Gasteiger charge is 2.35. The number of anilines is 1. The normalized spacial score (nSPS) is 14.2. The van der Waals surface area contributed by atoms with E-state index in [4.69, 9.17) is 16.1 Å². The van der Waals surface area contributed by atoms with Crippen LogP contribution in [-0.4, -0.2) is 34.2 Å². The largest absolute Gasteiger partial charge is 0.339 e. The number of amides is 2. The van der Waals surface area contributed by atoms with E-state index < -0.39 is 0 Å². The Bertz CT molecular complexity index is 891. The summed E-state index contributed by atoms with van der Waals surface area (Å²) in [5.41, 5.74) is 1.58. The van der Waals surface area contributed by atoms with Gasteiger partial charge in [-0.15, -0.1) is 0 Å². The molecule has 126 valence electrons. The Morgan fingerprint density at radius 2 is 1.96 bits per heavy atom. The molecule has 3 aromatic rings. The highest BCUT2D eigenvalue weighted by molar-refractivity contribution is 6.30. The molecule has 0 atom stereocenters. The van der Waals surface area contributed by atoms with Crippen molar-refractivity contribution in [2.24, 2.45) is 0 Å². The molecule has 6 nitrogen and oxygen atoms in total. The van der Waals surface area contributed by atoms with Crippen LogP contribution >= 0.6 is 11.6 Å². The van der Waals surface area contributed by atoms with Gasteiger partial charge in [0.1, 0.15) is 0 Å². The Hall–Kier alpha value is -2.86. The van der Waals surface area contributed by atoms with Gasteiger partial charge < -0.3 is 14.7 Å². The monoisotopic (exact) mass is 354 g/mol. The third kappa shape index (κ3) is 3.34. The lowest BCUT2D eigenvalue weighted by Gasteiger charge is -2.36. The van der Waals surface area contributed by atoms with E-state index in [1.54, 1.807) is 29.2 Å². The van der Waals surface area contributed by atoms with Crippen molar-refractivity contribution in [3.8, 4) is 11.4 Å². The van der Waals surface area contributed by atoms with Crippen LogP contribution in [0.25, 0.3) is 11.4 Å². The van der Waals surface area contributed by atoms with Crippen LogP contribution in [0.1, 0.15) is 11.8 Å². The molecule has 7 heteroatoms. The van der Waals surface area contributed by atoms with Gasteiger partial charge in [0.25, 0.3) is 0 Å². The van der Waals surface area contributed by atoms with Gasteiger partial charge in [-0.2, -0.15) is 4.98 Å². The minimum absolute atomic E-state index is 0.0649. The van der Waals surface area contributed by atoms with Gasteiger partial charge in [0.05, 0.1) is 5.92 Å². The molecule has 2 aromatic carbocycles. The Kier molecular flexibility index (Phi) is 4.11. The zero-order valence-corrected chi connectivity index (χ0v) is 14.0. The number of nitrogens with one attached hydrogen (secondary N) is 1. The molecule has 1 saturated heterocycles. The van der Waals surface area contributed by atoms with Crippen LogP contribution < -0.4 is 5.32 Å². The van der Waals surface area contributed by atoms with Crippen molar-refractivity contribution in [3.63, 3.8) is 0 Å². The molecular formula is C18H15ClN4O2. The molecule has 2 amide bonds. The highest BCUT2D eigenvalue weighted by atomic mass is 35.5. The van der Waals surface area contributed by atoms with Crippen molar-refractivity contribution in [2.45, 2.75) is 5.92 Å². The minimum atomic E-state index is -0.165. The Morgan fingerprint density at radius 1 is 1.16 bits per heavy atom.